The van der Waals surface area contributed by atoms with Crippen LogP contribution in [0.4, 0.5) is 16.2 Å². The number of amides is 4. The maximum atomic E-state index is 13.0. The minimum absolute atomic E-state index is 0.00316. The van der Waals surface area contributed by atoms with Crippen LogP contribution in [0.25, 0.3) is 0 Å². The third-order valence-corrected chi connectivity index (χ3v) is 5.43. The monoisotopic (exact) mass is 452 g/mol. The molecule has 0 aromatic heterocycles. The highest BCUT2D eigenvalue weighted by Gasteiger charge is 2.33. The molecule has 8 nitrogen and oxygen atoms in total. The molecule has 4 amide bonds. The third-order valence-electron chi connectivity index (χ3n) is 5.43. The molecule has 0 saturated carbocycles. The average molecular weight is 453 g/mol. The van der Waals surface area contributed by atoms with E-state index in [0.717, 1.165) is 24.1 Å². The molecule has 33 heavy (non-hydrogen) atoms. The van der Waals surface area contributed by atoms with Crippen molar-refractivity contribution in [1.82, 2.24) is 9.80 Å². The Balaban J connectivity index is 1.68. The molecule has 0 radical (unpaired) electrons. The molecule has 1 heterocycles. The Morgan fingerprint density at radius 3 is 2.64 bits per heavy atom. The van der Waals surface area contributed by atoms with Gasteiger partial charge in [-0.25, -0.2) is 4.79 Å². The van der Waals surface area contributed by atoms with Crippen LogP contribution in [0.3, 0.4) is 0 Å². The van der Waals surface area contributed by atoms with Gasteiger partial charge in [0.05, 0.1) is 12.3 Å². The van der Waals surface area contributed by atoms with Gasteiger partial charge in [-0.15, -0.1) is 0 Å². The molecule has 0 aliphatic carbocycles. The van der Waals surface area contributed by atoms with Crippen molar-refractivity contribution in [3.05, 3.63) is 54.1 Å². The van der Waals surface area contributed by atoms with Crippen LogP contribution in [-0.2, 0) is 9.59 Å². The lowest BCUT2D eigenvalue weighted by molar-refractivity contribution is -0.132. The number of para-hydroxylation sites is 2. The smallest absolute Gasteiger partial charge is 0.322 e. The zero-order valence-electron chi connectivity index (χ0n) is 19.5. The molecule has 8 heteroatoms. The number of nitrogens with zero attached hydrogens (tertiary/aromatic N) is 3. The van der Waals surface area contributed by atoms with E-state index in [2.05, 4.69) is 5.32 Å². The van der Waals surface area contributed by atoms with Gasteiger partial charge in [0.1, 0.15) is 25.5 Å². The highest BCUT2D eigenvalue weighted by atomic mass is 16.5. The van der Waals surface area contributed by atoms with E-state index in [-0.39, 0.29) is 37.6 Å². The van der Waals surface area contributed by atoms with Crippen molar-refractivity contribution in [2.24, 2.45) is 0 Å². The summed E-state index contributed by atoms with van der Waals surface area (Å²) in [5.41, 5.74) is 2.36. The van der Waals surface area contributed by atoms with Gasteiger partial charge in [-0.1, -0.05) is 37.6 Å². The summed E-state index contributed by atoms with van der Waals surface area (Å²) in [6.07, 6.45) is 1.65. The number of hydrogen-bond donors (Lipinski definition) is 1. The normalized spacial score (nSPS) is 13.2. The number of rotatable bonds is 9. The number of hydrogen-bond acceptors (Lipinski definition) is 4. The minimum Gasteiger partial charge on any atom is -0.492 e. The second-order valence-corrected chi connectivity index (χ2v) is 8.03. The lowest BCUT2D eigenvalue weighted by Crippen LogP contribution is -2.44. The quantitative estimate of drug-likeness (QED) is 0.626. The summed E-state index contributed by atoms with van der Waals surface area (Å²) >= 11 is 0. The second kappa shape index (κ2) is 11.4. The van der Waals surface area contributed by atoms with Crippen molar-refractivity contribution < 1.29 is 19.1 Å². The van der Waals surface area contributed by atoms with Crippen LogP contribution in [0.15, 0.2) is 48.5 Å². The molecule has 2 aromatic carbocycles. The molecule has 1 N–H and O–H groups in total. The largest absolute Gasteiger partial charge is 0.492 e. The van der Waals surface area contributed by atoms with E-state index in [1.165, 1.54) is 9.80 Å². The fourth-order valence-electron chi connectivity index (χ4n) is 3.65. The number of aryl methyl sites for hydroxylation is 1. The van der Waals surface area contributed by atoms with Crippen LogP contribution in [0.2, 0.25) is 0 Å². The number of ether oxygens (including phenoxy) is 1. The highest BCUT2D eigenvalue weighted by Crippen LogP contribution is 2.24. The number of urea groups is 1. The van der Waals surface area contributed by atoms with E-state index in [1.807, 2.05) is 57.2 Å². The highest BCUT2D eigenvalue weighted by molar-refractivity contribution is 6.01. The molecule has 0 unspecified atom stereocenters. The van der Waals surface area contributed by atoms with Crippen molar-refractivity contribution in [2.75, 3.05) is 43.1 Å². The Bertz CT molecular complexity index is 994. The van der Waals surface area contributed by atoms with E-state index >= 15 is 0 Å². The standard InChI is InChI=1S/C25H32N4O4/c1-4-6-14-27(25(32)26-21-12-7-8-13-22(21)33-5-2)16-23(30)28-17-24(31)29(18-28)20-11-9-10-19(3)15-20/h7-13,15H,4-6,14,16-18H2,1-3H3,(H,26,32). The lowest BCUT2D eigenvalue weighted by atomic mass is 10.2. The minimum atomic E-state index is -0.370. The van der Waals surface area contributed by atoms with Gasteiger partial charge >= 0.3 is 6.03 Å². The van der Waals surface area contributed by atoms with Gasteiger partial charge in [0.2, 0.25) is 11.8 Å². The Morgan fingerprint density at radius 2 is 1.91 bits per heavy atom. The maximum absolute atomic E-state index is 13.0. The number of carbonyl (C=O) groups excluding carboxylic acids is 3. The number of nitrogens with one attached hydrogen (secondary N) is 1. The van der Waals surface area contributed by atoms with Crippen molar-refractivity contribution >= 4 is 29.2 Å². The molecule has 1 saturated heterocycles. The van der Waals surface area contributed by atoms with Gasteiger partial charge in [-0.2, -0.15) is 0 Å². The zero-order valence-corrected chi connectivity index (χ0v) is 19.5. The first-order valence-electron chi connectivity index (χ1n) is 11.4. The van der Waals surface area contributed by atoms with Crippen molar-refractivity contribution in [2.45, 2.75) is 33.6 Å². The third kappa shape index (κ3) is 6.25. The van der Waals surface area contributed by atoms with Crippen LogP contribution in [0, 0.1) is 6.92 Å². The van der Waals surface area contributed by atoms with Crippen LogP contribution in [0.5, 0.6) is 5.75 Å². The number of benzene rings is 2. The summed E-state index contributed by atoms with van der Waals surface area (Å²) in [7, 11) is 0. The predicted molar refractivity (Wildman–Crippen MR) is 128 cm³/mol. The number of carbonyl (C=O) groups is 3. The predicted octanol–water partition coefficient (Wildman–Crippen LogP) is 3.86. The van der Waals surface area contributed by atoms with Gasteiger partial charge in [-0.05, 0) is 50.1 Å². The van der Waals surface area contributed by atoms with Gasteiger partial charge < -0.3 is 19.9 Å². The van der Waals surface area contributed by atoms with Crippen LogP contribution in [-0.4, -0.2) is 60.6 Å². The molecule has 1 fully saturated rings. The molecule has 0 bridgehead atoms. The topological polar surface area (TPSA) is 82.2 Å². The molecular formula is C25H32N4O4. The molecule has 1 aliphatic rings. The zero-order chi connectivity index (χ0) is 23.8. The fraction of sp³-hybridized carbons (Fsp3) is 0.400. The van der Waals surface area contributed by atoms with Gasteiger partial charge in [0.25, 0.3) is 0 Å². The summed E-state index contributed by atoms with van der Waals surface area (Å²) in [5, 5.41) is 2.86. The summed E-state index contributed by atoms with van der Waals surface area (Å²) in [6.45, 7) is 6.86. The Labute approximate surface area is 195 Å². The summed E-state index contributed by atoms with van der Waals surface area (Å²) < 4.78 is 5.58. The van der Waals surface area contributed by atoms with Gasteiger partial charge in [-0.3, -0.25) is 14.5 Å². The van der Waals surface area contributed by atoms with E-state index in [0.29, 0.717) is 24.6 Å². The van der Waals surface area contributed by atoms with E-state index in [1.54, 1.807) is 17.0 Å². The number of anilines is 2. The molecule has 3 rings (SSSR count). The molecule has 2 aromatic rings. The van der Waals surface area contributed by atoms with Crippen molar-refractivity contribution in [3.63, 3.8) is 0 Å². The van der Waals surface area contributed by atoms with Gasteiger partial charge in [0.15, 0.2) is 0 Å². The van der Waals surface area contributed by atoms with E-state index in [4.69, 9.17) is 4.74 Å². The van der Waals surface area contributed by atoms with Gasteiger partial charge in [0, 0.05) is 12.2 Å². The Morgan fingerprint density at radius 1 is 1.12 bits per heavy atom. The average Bonchev–Trinajstić information content (AvgIpc) is 3.19. The maximum Gasteiger partial charge on any atom is 0.322 e. The Kier molecular flexibility index (Phi) is 8.29. The summed E-state index contributed by atoms with van der Waals surface area (Å²) in [6, 6.07) is 14.5. The lowest BCUT2D eigenvalue weighted by Gasteiger charge is -2.25. The second-order valence-electron chi connectivity index (χ2n) is 8.03. The first-order valence-corrected chi connectivity index (χ1v) is 11.4. The molecule has 0 atom stereocenters. The molecule has 0 spiro atoms. The number of unbranched alkanes of at least 4 members (excludes halogenated alkanes) is 1. The van der Waals surface area contributed by atoms with Crippen LogP contribution < -0.4 is 15.0 Å². The van der Waals surface area contributed by atoms with Crippen molar-refractivity contribution in [1.29, 1.82) is 0 Å². The SMILES string of the molecule is CCCCN(CC(=O)N1CC(=O)N(c2cccc(C)c2)C1)C(=O)Nc1ccccc1OCC. The molecular weight excluding hydrogens is 420 g/mol. The summed E-state index contributed by atoms with van der Waals surface area (Å²) in [4.78, 5) is 43.2. The van der Waals surface area contributed by atoms with E-state index < -0.39 is 0 Å². The fourth-order valence-corrected chi connectivity index (χ4v) is 3.65. The Hall–Kier alpha value is -3.55. The van der Waals surface area contributed by atoms with E-state index in [9.17, 15) is 14.4 Å². The molecule has 176 valence electrons. The first-order chi connectivity index (χ1) is 15.9. The molecule has 1 aliphatic heterocycles. The summed E-state index contributed by atoms with van der Waals surface area (Å²) in [5.74, 6) is 0.182. The van der Waals surface area contributed by atoms with Crippen molar-refractivity contribution in [3.8, 4) is 5.75 Å². The first kappa shape index (κ1) is 24.1. The van der Waals surface area contributed by atoms with Crippen LogP contribution >= 0.6 is 0 Å². The van der Waals surface area contributed by atoms with Crippen LogP contribution in [0.1, 0.15) is 32.3 Å².